The van der Waals surface area contributed by atoms with Crippen molar-refractivity contribution in [3.8, 4) is 0 Å². The monoisotopic (exact) mass is 196 g/mol. The van der Waals surface area contributed by atoms with Crippen LogP contribution in [0.5, 0.6) is 0 Å². The van der Waals surface area contributed by atoms with Gasteiger partial charge in [0.15, 0.2) is 0 Å². The molecule has 1 heterocycles. The van der Waals surface area contributed by atoms with E-state index in [-0.39, 0.29) is 5.54 Å². The zero-order chi connectivity index (χ0) is 9.31. The average Bonchev–Trinajstić information content (AvgIpc) is 2.83. The van der Waals surface area contributed by atoms with Crippen LogP contribution in [0.15, 0.2) is 18.5 Å². The van der Waals surface area contributed by atoms with Crippen molar-refractivity contribution in [2.45, 2.75) is 31.2 Å². The molecule has 0 unspecified atom stereocenters. The van der Waals surface area contributed by atoms with Gasteiger partial charge in [0, 0.05) is 17.9 Å². The van der Waals surface area contributed by atoms with Gasteiger partial charge in [0.2, 0.25) is 0 Å². The van der Waals surface area contributed by atoms with Gasteiger partial charge in [-0.3, -0.25) is 4.98 Å². The molecule has 0 aliphatic heterocycles. The molecule has 0 atom stereocenters. The van der Waals surface area contributed by atoms with Crippen LogP contribution in [0.1, 0.15) is 24.8 Å². The molecule has 13 heavy (non-hydrogen) atoms. The van der Waals surface area contributed by atoms with Crippen LogP contribution >= 0.6 is 11.6 Å². The molecule has 2 N–H and O–H groups in total. The molecule has 1 aromatic heterocycles. The summed E-state index contributed by atoms with van der Waals surface area (Å²) < 4.78 is 0. The minimum absolute atomic E-state index is 0.118. The van der Waals surface area contributed by atoms with E-state index < -0.39 is 0 Å². The molecule has 3 heteroatoms. The number of rotatable bonds is 3. The Labute approximate surface area is 83.1 Å². The van der Waals surface area contributed by atoms with Crippen molar-refractivity contribution in [1.29, 1.82) is 0 Å². The highest BCUT2D eigenvalue weighted by Crippen LogP contribution is 2.36. The molecule has 0 spiro atoms. The normalized spacial score (nSPS) is 18.6. The molecule has 1 saturated carbocycles. The highest BCUT2D eigenvalue weighted by atomic mass is 35.5. The van der Waals surface area contributed by atoms with E-state index >= 15 is 0 Å². The van der Waals surface area contributed by atoms with Crippen molar-refractivity contribution >= 4 is 11.6 Å². The second-order valence-electron chi connectivity index (χ2n) is 3.83. The van der Waals surface area contributed by atoms with Crippen LogP contribution < -0.4 is 5.73 Å². The van der Waals surface area contributed by atoms with E-state index in [1.165, 1.54) is 0 Å². The van der Waals surface area contributed by atoms with Gasteiger partial charge in [0.05, 0.1) is 5.02 Å². The largest absolute Gasteiger partial charge is 0.325 e. The number of hydrogen-bond donors (Lipinski definition) is 1. The minimum atomic E-state index is 0.118. The molecule has 0 bridgehead atoms. The van der Waals surface area contributed by atoms with Gasteiger partial charge in [-0.15, -0.1) is 0 Å². The summed E-state index contributed by atoms with van der Waals surface area (Å²) in [6.07, 6.45) is 7.80. The standard InChI is InChI=1S/C10H13ClN2/c11-9-7-13-6-2-8(9)1-3-10(12)4-5-10/h2,6-7H,1,3-5,12H2. The molecule has 1 fully saturated rings. The smallest absolute Gasteiger partial charge is 0.0621 e. The Morgan fingerprint density at radius 1 is 1.54 bits per heavy atom. The van der Waals surface area contributed by atoms with Crippen molar-refractivity contribution in [3.05, 3.63) is 29.0 Å². The van der Waals surface area contributed by atoms with Gasteiger partial charge in [-0.25, -0.2) is 0 Å². The van der Waals surface area contributed by atoms with Gasteiger partial charge in [-0.05, 0) is 37.3 Å². The van der Waals surface area contributed by atoms with E-state index in [1.54, 1.807) is 12.4 Å². The van der Waals surface area contributed by atoms with Gasteiger partial charge in [-0.2, -0.15) is 0 Å². The lowest BCUT2D eigenvalue weighted by Crippen LogP contribution is -2.22. The minimum Gasteiger partial charge on any atom is -0.325 e. The lowest BCUT2D eigenvalue weighted by molar-refractivity contribution is 0.609. The second kappa shape index (κ2) is 3.28. The lowest BCUT2D eigenvalue weighted by Gasteiger charge is -2.08. The molecular weight excluding hydrogens is 184 g/mol. The van der Waals surface area contributed by atoms with E-state index in [1.807, 2.05) is 6.07 Å². The van der Waals surface area contributed by atoms with Crippen LogP contribution in [0.4, 0.5) is 0 Å². The molecule has 1 aromatic rings. The van der Waals surface area contributed by atoms with Gasteiger partial charge < -0.3 is 5.73 Å². The molecule has 2 nitrogen and oxygen atoms in total. The Kier molecular flexibility index (Phi) is 2.26. The van der Waals surface area contributed by atoms with Gasteiger partial charge in [0.1, 0.15) is 0 Å². The van der Waals surface area contributed by atoms with Crippen LogP contribution in [-0.2, 0) is 6.42 Å². The fourth-order valence-corrected chi connectivity index (χ4v) is 1.61. The molecule has 1 aliphatic carbocycles. The summed E-state index contributed by atoms with van der Waals surface area (Å²) in [7, 11) is 0. The second-order valence-corrected chi connectivity index (χ2v) is 4.24. The van der Waals surface area contributed by atoms with Crippen LogP contribution in [0.2, 0.25) is 5.02 Å². The highest BCUT2D eigenvalue weighted by Gasteiger charge is 2.37. The SMILES string of the molecule is NC1(CCc2ccncc2Cl)CC1. The topological polar surface area (TPSA) is 38.9 Å². The molecule has 1 aliphatic rings. The molecular formula is C10H13ClN2. The number of hydrogen-bond acceptors (Lipinski definition) is 2. The summed E-state index contributed by atoms with van der Waals surface area (Å²) in [5, 5.41) is 0.756. The first kappa shape index (κ1) is 8.97. The zero-order valence-corrected chi connectivity index (χ0v) is 8.22. The van der Waals surface area contributed by atoms with Gasteiger partial charge >= 0.3 is 0 Å². The maximum absolute atomic E-state index is 5.99. The zero-order valence-electron chi connectivity index (χ0n) is 7.46. The summed E-state index contributed by atoms with van der Waals surface area (Å²) in [5.74, 6) is 0. The summed E-state index contributed by atoms with van der Waals surface area (Å²) in [6, 6.07) is 1.97. The van der Waals surface area contributed by atoms with Gasteiger partial charge in [0.25, 0.3) is 0 Å². The van der Waals surface area contributed by atoms with E-state index in [9.17, 15) is 0 Å². The Morgan fingerprint density at radius 3 is 2.92 bits per heavy atom. The first-order valence-corrected chi connectivity index (χ1v) is 4.95. The summed E-state index contributed by atoms with van der Waals surface area (Å²) in [6.45, 7) is 0. The van der Waals surface area contributed by atoms with Crippen LogP contribution in [0.25, 0.3) is 0 Å². The van der Waals surface area contributed by atoms with Crippen LogP contribution in [0.3, 0.4) is 0 Å². The number of nitrogens with zero attached hydrogens (tertiary/aromatic N) is 1. The highest BCUT2D eigenvalue weighted by molar-refractivity contribution is 6.31. The molecule has 0 amide bonds. The third-order valence-corrected chi connectivity index (χ3v) is 2.98. The number of pyridine rings is 1. The van der Waals surface area contributed by atoms with E-state index in [2.05, 4.69) is 4.98 Å². The number of aromatic nitrogens is 1. The third kappa shape index (κ3) is 2.20. The quantitative estimate of drug-likeness (QED) is 0.805. The predicted molar refractivity (Wildman–Crippen MR) is 53.7 cm³/mol. The summed E-state index contributed by atoms with van der Waals surface area (Å²) >= 11 is 5.97. The van der Waals surface area contributed by atoms with Crippen LogP contribution in [-0.4, -0.2) is 10.5 Å². The summed E-state index contributed by atoms with van der Waals surface area (Å²) in [4.78, 5) is 3.94. The average molecular weight is 197 g/mol. The van der Waals surface area contributed by atoms with Crippen molar-refractivity contribution in [1.82, 2.24) is 4.98 Å². The predicted octanol–water partition coefficient (Wildman–Crippen LogP) is 2.16. The number of aryl methyl sites for hydroxylation is 1. The van der Waals surface area contributed by atoms with Gasteiger partial charge in [-0.1, -0.05) is 11.6 Å². The number of halogens is 1. The van der Waals surface area contributed by atoms with Crippen molar-refractivity contribution in [3.63, 3.8) is 0 Å². The number of nitrogens with two attached hydrogens (primary N) is 1. The fourth-order valence-electron chi connectivity index (χ4n) is 1.40. The first-order chi connectivity index (χ1) is 6.20. The Balaban J connectivity index is 1.97. The molecule has 0 saturated heterocycles. The molecule has 0 radical (unpaired) electrons. The molecule has 2 rings (SSSR count). The Bertz CT molecular complexity index is 308. The Morgan fingerprint density at radius 2 is 2.31 bits per heavy atom. The fraction of sp³-hybridized carbons (Fsp3) is 0.500. The first-order valence-electron chi connectivity index (χ1n) is 4.57. The molecule has 0 aromatic carbocycles. The third-order valence-electron chi connectivity index (χ3n) is 2.64. The Hall–Kier alpha value is -0.600. The van der Waals surface area contributed by atoms with Crippen molar-refractivity contribution in [2.24, 2.45) is 5.73 Å². The maximum Gasteiger partial charge on any atom is 0.0621 e. The maximum atomic E-state index is 5.99. The van der Waals surface area contributed by atoms with Crippen molar-refractivity contribution in [2.75, 3.05) is 0 Å². The summed E-state index contributed by atoms with van der Waals surface area (Å²) in [5.41, 5.74) is 7.26. The van der Waals surface area contributed by atoms with Crippen LogP contribution in [0, 0.1) is 0 Å². The molecule has 70 valence electrons. The van der Waals surface area contributed by atoms with E-state index in [0.717, 1.165) is 36.3 Å². The van der Waals surface area contributed by atoms with E-state index in [0.29, 0.717) is 0 Å². The van der Waals surface area contributed by atoms with Crippen molar-refractivity contribution < 1.29 is 0 Å². The van der Waals surface area contributed by atoms with E-state index in [4.69, 9.17) is 17.3 Å². The lowest BCUT2D eigenvalue weighted by atomic mass is 10.1.